The van der Waals surface area contributed by atoms with E-state index < -0.39 is 10.0 Å². The van der Waals surface area contributed by atoms with Crippen LogP contribution >= 0.6 is 0 Å². The molecule has 0 aliphatic heterocycles. The largest absolute Gasteiger partial charge is 0.260 e. The molecule has 82 valence electrons. The highest BCUT2D eigenvalue weighted by Gasteiger charge is 2.34. The smallest absolute Gasteiger partial charge is 0.211 e. The minimum absolute atomic E-state index is 0.196. The molecule has 0 spiro atoms. The Kier molecular flexibility index (Phi) is 2.75. The van der Waals surface area contributed by atoms with E-state index >= 15 is 0 Å². The zero-order chi connectivity index (χ0) is 10.9. The van der Waals surface area contributed by atoms with Crippen molar-refractivity contribution in [3.8, 4) is 0 Å². The van der Waals surface area contributed by atoms with Gasteiger partial charge in [0.2, 0.25) is 10.0 Å². The Morgan fingerprint density at radius 3 is 2.67 bits per heavy atom. The predicted molar refractivity (Wildman–Crippen MR) is 57.6 cm³/mol. The van der Waals surface area contributed by atoms with Gasteiger partial charge in [-0.3, -0.25) is 4.98 Å². The minimum Gasteiger partial charge on any atom is -0.260 e. The van der Waals surface area contributed by atoms with Crippen LogP contribution in [0.4, 0.5) is 0 Å². The van der Waals surface area contributed by atoms with Gasteiger partial charge in [-0.25, -0.2) is 8.42 Å². The molecular weight excluding hydrogens is 212 g/mol. The Balaban J connectivity index is 2.14. The van der Waals surface area contributed by atoms with E-state index in [2.05, 4.69) is 4.98 Å². The molecule has 1 aromatic heterocycles. The zero-order valence-electron chi connectivity index (χ0n) is 8.63. The van der Waals surface area contributed by atoms with Gasteiger partial charge >= 0.3 is 0 Å². The minimum atomic E-state index is -3.11. The first kappa shape index (κ1) is 10.6. The molecule has 2 rings (SSSR count). The lowest BCUT2D eigenvalue weighted by Crippen LogP contribution is -2.31. The number of hydrogen-bond acceptors (Lipinski definition) is 3. The third-order valence-electron chi connectivity index (χ3n) is 2.42. The first-order valence-electron chi connectivity index (χ1n) is 4.94. The maximum Gasteiger partial charge on any atom is 0.211 e. The fourth-order valence-electron chi connectivity index (χ4n) is 1.53. The molecule has 15 heavy (non-hydrogen) atoms. The summed E-state index contributed by atoms with van der Waals surface area (Å²) in [4.78, 5) is 4.14. The van der Waals surface area contributed by atoms with E-state index in [1.54, 1.807) is 6.20 Å². The molecule has 0 N–H and O–H groups in total. The molecule has 1 saturated carbocycles. The van der Waals surface area contributed by atoms with Crippen molar-refractivity contribution < 1.29 is 8.42 Å². The van der Waals surface area contributed by atoms with Crippen molar-refractivity contribution in [1.82, 2.24) is 9.29 Å². The van der Waals surface area contributed by atoms with Crippen LogP contribution in [-0.2, 0) is 16.6 Å². The SMILES string of the molecule is CS(=O)(=O)N(Cc1ccccn1)C1CC1. The summed E-state index contributed by atoms with van der Waals surface area (Å²) in [5.41, 5.74) is 0.801. The lowest BCUT2D eigenvalue weighted by molar-refractivity contribution is 0.398. The van der Waals surface area contributed by atoms with Crippen LogP contribution in [0.15, 0.2) is 24.4 Å². The summed E-state index contributed by atoms with van der Waals surface area (Å²) >= 11 is 0. The quantitative estimate of drug-likeness (QED) is 0.769. The molecule has 4 nitrogen and oxygen atoms in total. The second-order valence-corrected chi connectivity index (χ2v) is 5.80. The van der Waals surface area contributed by atoms with Crippen molar-refractivity contribution >= 4 is 10.0 Å². The molecule has 0 radical (unpaired) electrons. The van der Waals surface area contributed by atoms with Crippen LogP contribution in [0, 0.1) is 0 Å². The molecule has 1 aliphatic carbocycles. The molecule has 1 aliphatic rings. The van der Waals surface area contributed by atoms with Crippen LogP contribution in [0.3, 0.4) is 0 Å². The fourth-order valence-corrected chi connectivity index (χ4v) is 2.65. The number of nitrogens with zero attached hydrogens (tertiary/aromatic N) is 2. The third-order valence-corrected chi connectivity index (χ3v) is 3.70. The van der Waals surface area contributed by atoms with Gasteiger partial charge in [0.25, 0.3) is 0 Å². The van der Waals surface area contributed by atoms with Crippen molar-refractivity contribution in [2.45, 2.75) is 25.4 Å². The highest BCUT2D eigenvalue weighted by Crippen LogP contribution is 2.29. The monoisotopic (exact) mass is 226 g/mol. The third kappa shape index (κ3) is 2.76. The van der Waals surface area contributed by atoms with Gasteiger partial charge in [-0.2, -0.15) is 4.31 Å². The molecule has 0 aromatic carbocycles. The van der Waals surface area contributed by atoms with Gasteiger partial charge in [-0.15, -0.1) is 0 Å². The van der Waals surface area contributed by atoms with Crippen LogP contribution in [-0.4, -0.2) is 30.0 Å². The number of pyridine rings is 1. The van der Waals surface area contributed by atoms with Gasteiger partial charge in [0.05, 0.1) is 18.5 Å². The van der Waals surface area contributed by atoms with Crippen LogP contribution in [0.5, 0.6) is 0 Å². The van der Waals surface area contributed by atoms with E-state index in [4.69, 9.17) is 0 Å². The van der Waals surface area contributed by atoms with Crippen molar-refractivity contribution in [3.63, 3.8) is 0 Å². The van der Waals surface area contributed by atoms with Crippen molar-refractivity contribution in [2.75, 3.05) is 6.26 Å². The summed E-state index contributed by atoms with van der Waals surface area (Å²) < 4.78 is 24.6. The van der Waals surface area contributed by atoms with E-state index in [-0.39, 0.29) is 6.04 Å². The molecular formula is C10H14N2O2S. The first-order valence-corrected chi connectivity index (χ1v) is 6.79. The lowest BCUT2D eigenvalue weighted by Gasteiger charge is -2.18. The molecule has 1 heterocycles. The number of sulfonamides is 1. The highest BCUT2D eigenvalue weighted by molar-refractivity contribution is 7.88. The lowest BCUT2D eigenvalue weighted by atomic mass is 10.3. The summed E-state index contributed by atoms with van der Waals surface area (Å²) in [7, 11) is -3.11. The van der Waals surface area contributed by atoms with Crippen molar-refractivity contribution in [1.29, 1.82) is 0 Å². The molecule has 0 saturated heterocycles. The summed E-state index contributed by atoms with van der Waals surface area (Å²) in [5, 5.41) is 0. The van der Waals surface area contributed by atoms with E-state index in [1.807, 2.05) is 18.2 Å². The zero-order valence-corrected chi connectivity index (χ0v) is 9.44. The molecule has 0 amide bonds. The molecule has 0 unspecified atom stereocenters. The van der Waals surface area contributed by atoms with Crippen LogP contribution in [0.2, 0.25) is 0 Å². The average Bonchev–Trinajstić information content (AvgIpc) is 2.97. The van der Waals surface area contributed by atoms with Gasteiger partial charge in [-0.1, -0.05) is 6.07 Å². The molecule has 1 aromatic rings. The Morgan fingerprint density at radius 2 is 2.20 bits per heavy atom. The maximum atomic E-state index is 11.5. The Hall–Kier alpha value is -0.940. The van der Waals surface area contributed by atoms with E-state index in [1.165, 1.54) is 10.6 Å². The van der Waals surface area contributed by atoms with E-state index in [0.717, 1.165) is 18.5 Å². The van der Waals surface area contributed by atoms with Gasteiger partial charge in [0.15, 0.2) is 0 Å². The number of aromatic nitrogens is 1. The first-order chi connectivity index (χ1) is 7.07. The number of hydrogen-bond donors (Lipinski definition) is 0. The Labute approximate surface area is 90.0 Å². The van der Waals surface area contributed by atoms with Crippen molar-refractivity contribution in [3.05, 3.63) is 30.1 Å². The average molecular weight is 226 g/mol. The second kappa shape index (κ2) is 3.90. The Morgan fingerprint density at radius 1 is 1.47 bits per heavy atom. The molecule has 1 fully saturated rings. The van der Waals surface area contributed by atoms with Crippen molar-refractivity contribution in [2.24, 2.45) is 0 Å². The van der Waals surface area contributed by atoms with Gasteiger partial charge in [0, 0.05) is 12.2 Å². The second-order valence-electron chi connectivity index (χ2n) is 3.86. The normalized spacial score (nSPS) is 16.9. The summed E-state index contributed by atoms with van der Waals surface area (Å²) in [6, 6.07) is 5.74. The Bertz CT molecular complexity index is 426. The van der Waals surface area contributed by atoms with Gasteiger partial charge in [0.1, 0.15) is 0 Å². The van der Waals surface area contributed by atoms with Crippen LogP contribution < -0.4 is 0 Å². The maximum absolute atomic E-state index is 11.5. The number of rotatable bonds is 4. The topological polar surface area (TPSA) is 50.3 Å². The standard InChI is InChI=1S/C10H14N2O2S/c1-15(13,14)12(10-5-6-10)8-9-4-2-3-7-11-9/h2-4,7,10H,5-6,8H2,1H3. The molecule has 5 heteroatoms. The molecule has 0 atom stereocenters. The van der Waals surface area contributed by atoms with Crippen LogP contribution in [0.25, 0.3) is 0 Å². The predicted octanol–water partition coefficient (Wildman–Crippen LogP) is 1.01. The summed E-state index contributed by atoms with van der Waals surface area (Å²) in [6.45, 7) is 0.393. The van der Waals surface area contributed by atoms with Crippen LogP contribution in [0.1, 0.15) is 18.5 Å². The summed E-state index contributed by atoms with van der Waals surface area (Å²) in [5.74, 6) is 0. The van der Waals surface area contributed by atoms with Gasteiger partial charge < -0.3 is 0 Å². The fraction of sp³-hybridized carbons (Fsp3) is 0.500. The molecule has 0 bridgehead atoms. The van der Waals surface area contributed by atoms with E-state index in [9.17, 15) is 8.42 Å². The van der Waals surface area contributed by atoms with Gasteiger partial charge in [-0.05, 0) is 25.0 Å². The highest BCUT2D eigenvalue weighted by atomic mass is 32.2. The summed E-state index contributed by atoms with van der Waals surface area (Å²) in [6.07, 6.45) is 4.89. The van der Waals surface area contributed by atoms with E-state index in [0.29, 0.717) is 6.54 Å².